The van der Waals surface area contributed by atoms with E-state index in [1.165, 1.54) is 60.3 Å². The Hall–Kier alpha value is -5.66. The Bertz CT molecular complexity index is 2670. The number of fused-ring (bicyclic) bond motifs is 6. The molecule has 224 valence electrons. The lowest BCUT2D eigenvalue weighted by Crippen LogP contribution is -2.11. The van der Waals surface area contributed by atoms with E-state index in [1.807, 2.05) is 12.1 Å². The van der Waals surface area contributed by atoms with Crippen molar-refractivity contribution in [3.63, 3.8) is 0 Å². The van der Waals surface area contributed by atoms with Crippen molar-refractivity contribution in [3.8, 4) is 33.4 Å². The van der Waals surface area contributed by atoms with Gasteiger partial charge in [0, 0.05) is 16.3 Å². The monoisotopic (exact) mass is 603 g/mol. The van der Waals surface area contributed by atoms with Crippen molar-refractivity contribution in [2.45, 2.75) is 26.2 Å². The first kappa shape index (κ1) is 26.5. The molecule has 0 aliphatic carbocycles. The number of hydrogen-bond acceptors (Lipinski definition) is 1. The van der Waals surface area contributed by atoms with Crippen LogP contribution in [0.4, 0.5) is 0 Å². The van der Waals surface area contributed by atoms with E-state index in [0.717, 1.165) is 32.9 Å². The van der Waals surface area contributed by atoms with Gasteiger partial charge >= 0.3 is 0 Å². The van der Waals surface area contributed by atoms with Gasteiger partial charge in [0.1, 0.15) is 11.2 Å². The number of hydrogen-bond donors (Lipinski definition) is 0. The molecule has 8 aromatic carbocycles. The van der Waals surface area contributed by atoms with Crippen LogP contribution < -0.4 is 0 Å². The largest absolute Gasteiger partial charge is 0.456 e. The second-order valence-electron chi connectivity index (χ2n) is 13.6. The van der Waals surface area contributed by atoms with Crippen molar-refractivity contribution in [1.82, 2.24) is 0 Å². The summed E-state index contributed by atoms with van der Waals surface area (Å²) in [6.45, 7) is 6.77. The molecule has 9 rings (SSSR count). The van der Waals surface area contributed by atoms with Crippen molar-refractivity contribution in [2.24, 2.45) is 0 Å². The van der Waals surface area contributed by atoms with Crippen LogP contribution in [0.15, 0.2) is 156 Å². The lowest BCUT2D eigenvalue weighted by Gasteiger charge is -2.22. The van der Waals surface area contributed by atoms with E-state index in [9.17, 15) is 0 Å². The molecule has 0 saturated heterocycles. The number of benzene rings is 8. The summed E-state index contributed by atoms with van der Waals surface area (Å²) in [5.74, 6) is 0. The van der Waals surface area contributed by atoms with Gasteiger partial charge in [0.05, 0.1) is 1.37 Å². The molecule has 0 aliphatic heterocycles. The van der Waals surface area contributed by atoms with Crippen LogP contribution in [-0.4, -0.2) is 0 Å². The van der Waals surface area contributed by atoms with E-state index in [1.54, 1.807) is 0 Å². The third-order valence-electron chi connectivity index (χ3n) is 9.73. The summed E-state index contributed by atoms with van der Waals surface area (Å²) in [6.07, 6.45) is 0. The Morgan fingerprint density at radius 1 is 0.489 bits per heavy atom. The van der Waals surface area contributed by atoms with Crippen LogP contribution in [0.1, 0.15) is 27.7 Å². The van der Waals surface area contributed by atoms with Gasteiger partial charge in [0.25, 0.3) is 0 Å². The highest BCUT2D eigenvalue weighted by Crippen LogP contribution is 2.49. The van der Waals surface area contributed by atoms with Crippen LogP contribution in [-0.2, 0) is 5.41 Å². The molecule has 9 aromatic rings. The summed E-state index contributed by atoms with van der Waals surface area (Å²) >= 11 is 0. The first-order valence-corrected chi connectivity index (χ1v) is 16.4. The Morgan fingerprint density at radius 3 is 1.77 bits per heavy atom. The minimum absolute atomic E-state index is 0.0748. The van der Waals surface area contributed by atoms with E-state index >= 15 is 0 Å². The molecule has 47 heavy (non-hydrogen) atoms. The minimum atomic E-state index is -0.0748. The highest BCUT2D eigenvalue weighted by Gasteiger charge is 2.26. The van der Waals surface area contributed by atoms with Gasteiger partial charge in [-0.1, -0.05) is 160 Å². The van der Waals surface area contributed by atoms with Crippen LogP contribution in [0.5, 0.6) is 0 Å². The van der Waals surface area contributed by atoms with Gasteiger partial charge in [-0.05, 0) is 83.2 Å². The van der Waals surface area contributed by atoms with Gasteiger partial charge in [-0.2, -0.15) is 0 Å². The number of rotatable bonds is 3. The lowest BCUT2D eigenvalue weighted by molar-refractivity contribution is 0.573. The zero-order chi connectivity index (χ0) is 32.6. The smallest absolute Gasteiger partial charge is 0.139 e. The fourth-order valence-corrected chi connectivity index (χ4v) is 7.58. The topological polar surface area (TPSA) is 13.1 Å². The normalized spacial score (nSPS) is 12.4. The maximum Gasteiger partial charge on any atom is 0.139 e. The predicted octanol–water partition coefficient (Wildman–Crippen LogP) is 13.3. The standard InChI is InChI=1S/C46H34O/c1-46(2,3)40-27-26-39(44-38-22-12-13-23-41(38)47-45(40)44)43-36-20-10-8-18-34(36)42(35-19-9-11-21-37(35)43)33-17-7-6-16-32(33)31-25-24-29-14-4-5-15-30(29)28-31/h4-28H,1-3H3/i4D. The van der Waals surface area contributed by atoms with Crippen molar-refractivity contribution in [1.29, 1.82) is 0 Å². The lowest BCUT2D eigenvalue weighted by atomic mass is 9.81. The molecule has 0 unspecified atom stereocenters. The Labute approximate surface area is 276 Å². The van der Waals surface area contributed by atoms with Crippen molar-refractivity contribution >= 4 is 54.3 Å². The first-order chi connectivity index (χ1) is 23.4. The molecule has 0 bridgehead atoms. The quantitative estimate of drug-likeness (QED) is 0.183. The van der Waals surface area contributed by atoms with Gasteiger partial charge < -0.3 is 4.42 Å². The summed E-state index contributed by atoms with van der Waals surface area (Å²) < 4.78 is 14.8. The van der Waals surface area contributed by atoms with Crippen LogP contribution in [0.25, 0.3) is 87.6 Å². The zero-order valence-electron chi connectivity index (χ0n) is 27.8. The van der Waals surface area contributed by atoms with E-state index in [0.29, 0.717) is 6.04 Å². The molecular formula is C46H34O. The summed E-state index contributed by atoms with van der Waals surface area (Å²) in [4.78, 5) is 0. The van der Waals surface area contributed by atoms with Crippen molar-refractivity contribution < 1.29 is 5.79 Å². The molecule has 0 aliphatic rings. The van der Waals surface area contributed by atoms with Gasteiger partial charge in [-0.3, -0.25) is 0 Å². The average Bonchev–Trinajstić information content (AvgIpc) is 3.49. The molecule has 1 aromatic heterocycles. The van der Waals surface area contributed by atoms with Crippen LogP contribution in [0, 0.1) is 0 Å². The van der Waals surface area contributed by atoms with Crippen molar-refractivity contribution in [3.05, 3.63) is 157 Å². The molecule has 0 N–H and O–H groups in total. The summed E-state index contributed by atoms with van der Waals surface area (Å²) in [5.41, 5.74) is 10.2. The van der Waals surface area contributed by atoms with Crippen LogP contribution >= 0.6 is 0 Å². The molecule has 1 heterocycles. The van der Waals surface area contributed by atoms with E-state index in [4.69, 9.17) is 5.79 Å². The fraction of sp³-hybridized carbons (Fsp3) is 0.0870. The second kappa shape index (κ2) is 10.4. The summed E-state index contributed by atoms with van der Waals surface area (Å²) in [6, 6.07) is 52.5. The van der Waals surface area contributed by atoms with Gasteiger partial charge in [0.15, 0.2) is 0 Å². The molecule has 1 nitrogen and oxygen atoms in total. The number of para-hydroxylation sites is 1. The SMILES string of the molecule is [2H]c1ccc2cc(-c3ccccc3-c3c4ccccc4c(-c4ccc(C(C)(C)C)c5oc6ccccc6c45)c4ccccc34)ccc2c1. The fourth-order valence-electron chi connectivity index (χ4n) is 7.58. The van der Waals surface area contributed by atoms with E-state index in [2.05, 4.69) is 154 Å². The van der Waals surface area contributed by atoms with Gasteiger partial charge in [-0.15, -0.1) is 0 Å². The Kier molecular flexibility index (Phi) is 5.90. The molecule has 0 radical (unpaired) electrons. The van der Waals surface area contributed by atoms with E-state index < -0.39 is 0 Å². The molecular weight excluding hydrogens is 569 g/mol. The Balaban J connectivity index is 1.39. The van der Waals surface area contributed by atoms with Crippen LogP contribution in [0.3, 0.4) is 0 Å². The highest BCUT2D eigenvalue weighted by molar-refractivity contribution is 6.26. The number of furan rings is 1. The molecule has 0 spiro atoms. The first-order valence-electron chi connectivity index (χ1n) is 16.9. The predicted molar refractivity (Wildman–Crippen MR) is 201 cm³/mol. The third-order valence-corrected chi connectivity index (χ3v) is 9.73. The molecule has 0 amide bonds. The van der Waals surface area contributed by atoms with E-state index in [-0.39, 0.29) is 5.41 Å². The van der Waals surface area contributed by atoms with Gasteiger partial charge in [0.2, 0.25) is 0 Å². The Morgan fingerprint density at radius 2 is 1.09 bits per heavy atom. The summed E-state index contributed by atoms with van der Waals surface area (Å²) in [7, 11) is 0. The maximum absolute atomic E-state index is 8.08. The molecule has 1 heteroatoms. The molecule has 0 saturated carbocycles. The third kappa shape index (κ3) is 4.31. The molecule has 0 atom stereocenters. The second-order valence-corrected chi connectivity index (χ2v) is 13.6. The van der Waals surface area contributed by atoms with Crippen molar-refractivity contribution in [2.75, 3.05) is 0 Å². The zero-order valence-corrected chi connectivity index (χ0v) is 26.8. The summed E-state index contributed by atoms with van der Waals surface area (Å²) in [5, 5.41) is 9.42. The molecule has 0 fully saturated rings. The van der Waals surface area contributed by atoms with Gasteiger partial charge in [-0.25, -0.2) is 0 Å². The average molecular weight is 604 g/mol. The van der Waals surface area contributed by atoms with Crippen LogP contribution in [0.2, 0.25) is 0 Å². The highest BCUT2D eigenvalue weighted by atomic mass is 16.3. The minimum Gasteiger partial charge on any atom is -0.456 e. The maximum atomic E-state index is 8.08.